The van der Waals surface area contributed by atoms with Gasteiger partial charge in [-0.25, -0.2) is 4.98 Å². The van der Waals surface area contributed by atoms with Gasteiger partial charge in [-0.3, -0.25) is 14.3 Å². The number of anilines is 2. The number of aromatic nitrogens is 4. The zero-order valence-electron chi connectivity index (χ0n) is 24.1. The number of benzene rings is 1. The lowest BCUT2D eigenvalue weighted by atomic mass is 9.96. The first kappa shape index (κ1) is 27.7. The third-order valence-corrected chi connectivity index (χ3v) is 9.15. The molecule has 1 unspecified atom stereocenters. The molecule has 5 heterocycles. The van der Waals surface area contributed by atoms with Crippen LogP contribution in [-0.4, -0.2) is 80.5 Å². The summed E-state index contributed by atoms with van der Waals surface area (Å²) in [6.07, 6.45) is 5.80. The Kier molecular flexibility index (Phi) is 8.48. The van der Waals surface area contributed by atoms with Gasteiger partial charge in [-0.2, -0.15) is 21.3 Å². The molecule has 2 fully saturated rings. The Labute approximate surface area is 246 Å². The second kappa shape index (κ2) is 12.6. The van der Waals surface area contributed by atoms with Crippen LogP contribution in [0.4, 0.5) is 11.8 Å². The van der Waals surface area contributed by atoms with Gasteiger partial charge in [0.2, 0.25) is 11.9 Å². The number of amides is 1. The number of thiophene rings is 1. The summed E-state index contributed by atoms with van der Waals surface area (Å²) in [4.78, 5) is 34.8. The van der Waals surface area contributed by atoms with E-state index in [-0.39, 0.29) is 11.8 Å². The van der Waals surface area contributed by atoms with Crippen LogP contribution in [0.3, 0.4) is 0 Å². The summed E-state index contributed by atoms with van der Waals surface area (Å²) in [5.74, 6) is 1.67. The quantitative estimate of drug-likeness (QED) is 0.301. The molecule has 0 radical (unpaired) electrons. The normalized spacial score (nSPS) is 18.6. The molecule has 1 amide bonds. The van der Waals surface area contributed by atoms with E-state index in [1.807, 2.05) is 15.8 Å². The van der Waals surface area contributed by atoms with E-state index < -0.39 is 0 Å². The summed E-state index contributed by atoms with van der Waals surface area (Å²) in [6, 6.07) is 13.1. The van der Waals surface area contributed by atoms with Crippen molar-refractivity contribution in [3.63, 3.8) is 0 Å². The predicted molar refractivity (Wildman–Crippen MR) is 166 cm³/mol. The highest BCUT2D eigenvalue weighted by Gasteiger charge is 2.31. The van der Waals surface area contributed by atoms with Crippen molar-refractivity contribution in [2.45, 2.75) is 52.1 Å². The number of likely N-dealkylation sites (tertiary alicyclic amines) is 1. The molecule has 9 nitrogen and oxygen atoms in total. The van der Waals surface area contributed by atoms with Gasteiger partial charge in [0.05, 0.1) is 11.6 Å². The van der Waals surface area contributed by atoms with Crippen molar-refractivity contribution in [2.75, 3.05) is 49.5 Å². The van der Waals surface area contributed by atoms with E-state index >= 15 is 0 Å². The molecular formula is C31H40N8OS. The first-order valence-electron chi connectivity index (χ1n) is 15.0. The van der Waals surface area contributed by atoms with Crippen molar-refractivity contribution >= 4 is 40.2 Å². The van der Waals surface area contributed by atoms with E-state index in [9.17, 15) is 4.79 Å². The van der Waals surface area contributed by atoms with Crippen molar-refractivity contribution in [1.29, 1.82) is 0 Å². The monoisotopic (exact) mass is 572 g/mol. The Morgan fingerprint density at radius 3 is 2.59 bits per heavy atom. The highest BCUT2D eigenvalue weighted by atomic mass is 32.1. The van der Waals surface area contributed by atoms with Crippen LogP contribution >= 0.6 is 11.3 Å². The second-order valence-electron chi connectivity index (χ2n) is 11.1. The van der Waals surface area contributed by atoms with Gasteiger partial charge in [-0.05, 0) is 56.5 Å². The van der Waals surface area contributed by atoms with Crippen LogP contribution in [-0.2, 0) is 11.3 Å². The first-order chi connectivity index (χ1) is 20.1. The molecule has 0 spiro atoms. The van der Waals surface area contributed by atoms with Crippen LogP contribution < -0.4 is 10.2 Å². The summed E-state index contributed by atoms with van der Waals surface area (Å²) in [6.45, 7) is 10.1. The fourth-order valence-electron chi connectivity index (χ4n) is 6.14. The van der Waals surface area contributed by atoms with Crippen molar-refractivity contribution in [3.05, 3.63) is 59.0 Å². The first-order valence-corrected chi connectivity index (χ1v) is 15.9. The number of fused-ring (bicyclic) bond motifs is 1. The SMILES string of the molecule is CCN(CC)C(=O)C1CCCN(c2nc(NC3CCN(Cc4ccccc4)CC3)c3ncn(-c4ccsc4)c3n2)C1. The molecular weight excluding hydrogens is 532 g/mol. The summed E-state index contributed by atoms with van der Waals surface area (Å²) in [5, 5.41) is 7.94. The van der Waals surface area contributed by atoms with Crippen LogP contribution in [0.15, 0.2) is 53.5 Å². The van der Waals surface area contributed by atoms with Gasteiger partial charge in [0.25, 0.3) is 0 Å². The smallest absolute Gasteiger partial charge is 0.229 e. The van der Waals surface area contributed by atoms with Crippen molar-refractivity contribution in [3.8, 4) is 5.69 Å². The Balaban J connectivity index is 1.24. The second-order valence-corrected chi connectivity index (χ2v) is 11.9. The van der Waals surface area contributed by atoms with Gasteiger partial charge >= 0.3 is 0 Å². The number of hydrogen-bond donors (Lipinski definition) is 1. The molecule has 0 bridgehead atoms. The van der Waals surface area contributed by atoms with E-state index in [0.29, 0.717) is 18.5 Å². The van der Waals surface area contributed by atoms with Crippen LogP contribution in [0.1, 0.15) is 45.1 Å². The summed E-state index contributed by atoms with van der Waals surface area (Å²) in [5.41, 5.74) is 4.00. The number of nitrogens with one attached hydrogen (secondary N) is 1. The molecule has 10 heteroatoms. The summed E-state index contributed by atoms with van der Waals surface area (Å²) < 4.78 is 2.05. The van der Waals surface area contributed by atoms with Gasteiger partial charge < -0.3 is 15.1 Å². The third-order valence-electron chi connectivity index (χ3n) is 8.47. The van der Waals surface area contributed by atoms with E-state index in [4.69, 9.17) is 15.0 Å². The van der Waals surface area contributed by atoms with Crippen molar-refractivity contribution in [2.24, 2.45) is 5.92 Å². The zero-order chi connectivity index (χ0) is 28.2. The lowest BCUT2D eigenvalue weighted by Gasteiger charge is -2.35. The minimum atomic E-state index is -0.0323. The van der Waals surface area contributed by atoms with Crippen LogP contribution in [0.5, 0.6) is 0 Å². The number of nitrogens with zero attached hydrogens (tertiary/aromatic N) is 7. The Bertz CT molecular complexity index is 1430. The van der Waals surface area contributed by atoms with Crippen LogP contribution in [0.2, 0.25) is 0 Å². The number of carbonyl (C=O) groups excluding carboxylic acids is 1. The molecule has 2 aliphatic heterocycles. The standard InChI is InChI=1S/C31H40N8OS/c1-3-37(4-2)30(40)24-11-8-15-38(20-24)31-34-28(27-29(35-31)39(22-32-27)26-14-18-41-21-26)33-25-12-16-36(17-13-25)19-23-9-6-5-7-10-23/h5-7,9-10,14,18,21-22,24-25H,3-4,8,11-13,15-17,19-20H2,1-2H3,(H,33,34,35). The molecule has 216 valence electrons. The molecule has 2 aliphatic rings. The Morgan fingerprint density at radius 2 is 1.85 bits per heavy atom. The summed E-state index contributed by atoms with van der Waals surface area (Å²) in [7, 11) is 0. The maximum atomic E-state index is 13.2. The maximum absolute atomic E-state index is 13.2. The fraction of sp³-hybridized carbons (Fsp3) is 0.484. The third kappa shape index (κ3) is 6.08. The van der Waals surface area contributed by atoms with Gasteiger partial charge in [-0.1, -0.05) is 30.3 Å². The molecule has 0 aliphatic carbocycles. The van der Waals surface area contributed by atoms with E-state index in [2.05, 4.69) is 76.1 Å². The minimum Gasteiger partial charge on any atom is -0.365 e. The number of hydrogen-bond acceptors (Lipinski definition) is 8. The zero-order valence-corrected chi connectivity index (χ0v) is 24.9. The van der Waals surface area contributed by atoms with Gasteiger partial charge in [0.1, 0.15) is 6.33 Å². The highest BCUT2D eigenvalue weighted by molar-refractivity contribution is 7.08. The van der Waals surface area contributed by atoms with Crippen LogP contribution in [0, 0.1) is 5.92 Å². The molecule has 1 N–H and O–H groups in total. The van der Waals surface area contributed by atoms with E-state index in [0.717, 1.165) is 87.6 Å². The van der Waals surface area contributed by atoms with E-state index in [1.165, 1.54) is 5.56 Å². The molecule has 2 saturated heterocycles. The van der Waals surface area contributed by atoms with Crippen molar-refractivity contribution in [1.82, 2.24) is 29.3 Å². The number of rotatable bonds is 9. The Morgan fingerprint density at radius 1 is 1.05 bits per heavy atom. The molecule has 4 aromatic rings. The lowest BCUT2D eigenvalue weighted by Crippen LogP contribution is -2.45. The molecule has 0 saturated carbocycles. The van der Waals surface area contributed by atoms with Gasteiger partial charge in [0.15, 0.2) is 17.0 Å². The Hall–Kier alpha value is -3.50. The molecule has 6 rings (SSSR count). The maximum Gasteiger partial charge on any atom is 0.229 e. The molecule has 41 heavy (non-hydrogen) atoms. The average Bonchev–Trinajstić information content (AvgIpc) is 3.70. The van der Waals surface area contributed by atoms with Crippen LogP contribution in [0.25, 0.3) is 16.9 Å². The highest BCUT2D eigenvalue weighted by Crippen LogP contribution is 2.30. The fourth-order valence-corrected chi connectivity index (χ4v) is 6.77. The number of piperidine rings is 2. The summed E-state index contributed by atoms with van der Waals surface area (Å²) >= 11 is 1.66. The lowest BCUT2D eigenvalue weighted by molar-refractivity contribution is -0.135. The topological polar surface area (TPSA) is 82.4 Å². The van der Waals surface area contributed by atoms with Gasteiger partial charge in [-0.15, -0.1) is 0 Å². The number of carbonyl (C=O) groups is 1. The molecule has 1 atom stereocenters. The minimum absolute atomic E-state index is 0.0323. The molecule has 1 aromatic carbocycles. The largest absolute Gasteiger partial charge is 0.365 e. The average molecular weight is 573 g/mol. The molecule has 3 aromatic heterocycles. The van der Waals surface area contributed by atoms with E-state index in [1.54, 1.807) is 11.3 Å². The van der Waals surface area contributed by atoms with Crippen molar-refractivity contribution < 1.29 is 4.79 Å². The van der Waals surface area contributed by atoms with Gasteiger partial charge in [0, 0.05) is 57.2 Å². The number of imidazole rings is 1. The predicted octanol–water partition coefficient (Wildman–Crippen LogP) is 5.04.